The molecule has 0 N–H and O–H groups in total. The van der Waals surface area contributed by atoms with Crippen LogP contribution in [0.1, 0.15) is 32.1 Å². The highest BCUT2D eigenvalue weighted by Crippen LogP contribution is 2.49. The minimum Gasteiger partial charge on any atom is -0.375 e. The Bertz CT molecular complexity index is 96.3. The molecule has 0 aromatic rings. The molecule has 4 rings (SSSR count). The molecule has 1 nitrogen and oxygen atoms in total. The Morgan fingerprint density at radius 1 is 0.900 bits per heavy atom. The molecule has 2 saturated heterocycles. The van der Waals surface area contributed by atoms with Crippen molar-refractivity contribution in [2.75, 3.05) is 0 Å². The van der Waals surface area contributed by atoms with Gasteiger partial charge < -0.3 is 4.74 Å². The Morgan fingerprint density at radius 2 is 1.40 bits per heavy atom. The Labute approximate surface area is 61.8 Å². The van der Waals surface area contributed by atoms with Gasteiger partial charge in [0.25, 0.3) is 0 Å². The highest BCUT2D eigenvalue weighted by atomic mass is 16.5. The van der Waals surface area contributed by atoms with E-state index in [1.165, 1.54) is 32.1 Å². The van der Waals surface area contributed by atoms with E-state index in [0.717, 1.165) is 0 Å². The zero-order chi connectivity index (χ0) is 6.55. The van der Waals surface area contributed by atoms with Crippen LogP contribution in [-0.2, 0) is 4.74 Å². The van der Waals surface area contributed by atoms with E-state index in [9.17, 15) is 0 Å². The molecule has 1 heteroatoms. The maximum Gasteiger partial charge on any atom is 0.0590 e. The van der Waals surface area contributed by atoms with Crippen molar-refractivity contribution in [2.24, 2.45) is 0 Å². The van der Waals surface area contributed by atoms with Gasteiger partial charge in [-0.2, -0.15) is 0 Å². The van der Waals surface area contributed by atoms with Crippen molar-refractivity contribution in [1.82, 2.24) is 0 Å². The summed E-state index contributed by atoms with van der Waals surface area (Å²) in [4.78, 5) is 0. The maximum atomic E-state index is 5.78. The van der Waals surface area contributed by atoms with Crippen molar-refractivity contribution < 1.29 is 4.74 Å². The van der Waals surface area contributed by atoms with Crippen LogP contribution in [0.4, 0.5) is 0 Å². The number of ether oxygens (including phenoxy) is 1. The summed E-state index contributed by atoms with van der Waals surface area (Å²) in [7, 11) is 0. The third kappa shape index (κ3) is 0.672. The van der Waals surface area contributed by atoms with Crippen molar-refractivity contribution in [3.05, 3.63) is 11.8 Å². The lowest BCUT2D eigenvalue weighted by atomic mass is 9.67. The third-order valence-electron chi connectivity index (χ3n) is 2.95. The van der Waals surface area contributed by atoms with E-state index in [1.54, 1.807) is 11.8 Å². The first-order chi connectivity index (χ1) is 4.90. The van der Waals surface area contributed by atoms with Crippen molar-refractivity contribution in [1.29, 1.82) is 0 Å². The van der Waals surface area contributed by atoms with E-state index >= 15 is 0 Å². The van der Waals surface area contributed by atoms with E-state index in [2.05, 4.69) is 0 Å². The Kier molecular flexibility index (Phi) is 0.984. The molecular weight excluding hydrogens is 124 g/mol. The van der Waals surface area contributed by atoms with Crippen LogP contribution in [0.3, 0.4) is 0 Å². The second kappa shape index (κ2) is 1.76. The smallest absolute Gasteiger partial charge is 0.0590 e. The van der Waals surface area contributed by atoms with E-state index in [0.29, 0.717) is 12.2 Å². The van der Waals surface area contributed by atoms with Crippen LogP contribution in [0.15, 0.2) is 0 Å². The second-order valence-corrected chi connectivity index (χ2v) is 3.87. The Balaban J connectivity index is 1.90. The molecule has 4 bridgehead atoms. The number of hydrogen-bond acceptors (Lipinski definition) is 1. The molecular formula is C9H12O. The molecule has 2 radical (unpaired) electrons. The van der Waals surface area contributed by atoms with Crippen LogP contribution in [-0.4, -0.2) is 12.2 Å². The van der Waals surface area contributed by atoms with Gasteiger partial charge in [0.2, 0.25) is 0 Å². The average Bonchev–Trinajstić information content (AvgIpc) is 1.82. The summed E-state index contributed by atoms with van der Waals surface area (Å²) in [6.07, 6.45) is 7.67. The Hall–Kier alpha value is -0.0400. The van der Waals surface area contributed by atoms with Crippen LogP contribution >= 0.6 is 0 Å². The van der Waals surface area contributed by atoms with Gasteiger partial charge in [-0.3, -0.25) is 0 Å². The van der Waals surface area contributed by atoms with Gasteiger partial charge in [0, 0.05) is 0 Å². The highest BCUT2D eigenvalue weighted by Gasteiger charge is 2.43. The molecule has 0 amide bonds. The van der Waals surface area contributed by atoms with Crippen molar-refractivity contribution in [3.8, 4) is 0 Å². The maximum absolute atomic E-state index is 5.78. The second-order valence-electron chi connectivity index (χ2n) is 3.87. The SMILES string of the molecule is C1[C]2CC3C[C]1CC(C2)O3. The highest BCUT2D eigenvalue weighted by molar-refractivity contribution is 5.19. The minimum absolute atomic E-state index is 0.603. The van der Waals surface area contributed by atoms with Crippen molar-refractivity contribution in [3.63, 3.8) is 0 Å². The molecule has 2 saturated carbocycles. The fourth-order valence-electron chi connectivity index (χ4n) is 2.71. The summed E-state index contributed by atoms with van der Waals surface area (Å²) in [6.45, 7) is 0. The van der Waals surface area contributed by atoms with E-state index in [-0.39, 0.29) is 0 Å². The van der Waals surface area contributed by atoms with Crippen LogP contribution in [0.5, 0.6) is 0 Å². The van der Waals surface area contributed by atoms with E-state index in [1.807, 2.05) is 0 Å². The van der Waals surface area contributed by atoms with Gasteiger partial charge in [0.1, 0.15) is 0 Å². The molecule has 0 unspecified atom stereocenters. The van der Waals surface area contributed by atoms with Crippen molar-refractivity contribution >= 4 is 0 Å². The Morgan fingerprint density at radius 3 is 1.80 bits per heavy atom. The number of rotatable bonds is 0. The fraction of sp³-hybridized carbons (Fsp3) is 0.778. The number of hydrogen-bond donors (Lipinski definition) is 0. The molecule has 0 aromatic heterocycles. The normalized spacial score (nSPS) is 46.8. The van der Waals surface area contributed by atoms with Crippen LogP contribution in [0.25, 0.3) is 0 Å². The zero-order valence-corrected chi connectivity index (χ0v) is 6.10. The first-order valence-corrected chi connectivity index (χ1v) is 4.23. The standard InChI is InChI=1S/C9H12O/c1-6-2-8-4-7(1)5-9(3-6)10-8/h8-9H,1-5H2. The molecule has 0 atom stereocenters. The summed E-state index contributed by atoms with van der Waals surface area (Å²) in [5, 5.41) is 0. The monoisotopic (exact) mass is 136 g/mol. The lowest BCUT2D eigenvalue weighted by Crippen LogP contribution is -2.44. The van der Waals surface area contributed by atoms with Gasteiger partial charge in [-0.1, -0.05) is 0 Å². The molecule has 4 aliphatic rings. The topological polar surface area (TPSA) is 9.23 Å². The summed E-state index contributed by atoms with van der Waals surface area (Å²) in [6, 6.07) is 0. The molecule has 4 fully saturated rings. The van der Waals surface area contributed by atoms with Gasteiger partial charge in [0.15, 0.2) is 0 Å². The molecule has 10 heavy (non-hydrogen) atoms. The van der Waals surface area contributed by atoms with Crippen LogP contribution < -0.4 is 0 Å². The average molecular weight is 136 g/mol. The summed E-state index contributed by atoms with van der Waals surface area (Å²) in [5.41, 5.74) is 0. The molecule has 0 spiro atoms. The quantitative estimate of drug-likeness (QED) is 0.494. The van der Waals surface area contributed by atoms with Crippen LogP contribution in [0, 0.1) is 11.8 Å². The summed E-state index contributed by atoms with van der Waals surface area (Å²) in [5.74, 6) is 3.54. The van der Waals surface area contributed by atoms with Gasteiger partial charge in [-0.25, -0.2) is 0 Å². The van der Waals surface area contributed by atoms with E-state index in [4.69, 9.17) is 4.74 Å². The van der Waals surface area contributed by atoms with Gasteiger partial charge in [-0.05, 0) is 43.9 Å². The largest absolute Gasteiger partial charge is 0.375 e. The molecule has 2 aliphatic carbocycles. The fourth-order valence-corrected chi connectivity index (χ4v) is 2.71. The van der Waals surface area contributed by atoms with Gasteiger partial charge >= 0.3 is 0 Å². The molecule has 54 valence electrons. The summed E-state index contributed by atoms with van der Waals surface area (Å²) >= 11 is 0. The molecule has 2 aliphatic heterocycles. The van der Waals surface area contributed by atoms with Gasteiger partial charge in [-0.15, -0.1) is 0 Å². The molecule has 2 heterocycles. The predicted molar refractivity (Wildman–Crippen MR) is 38.2 cm³/mol. The lowest BCUT2D eigenvalue weighted by Gasteiger charge is -2.48. The first kappa shape index (κ1) is 5.59. The minimum atomic E-state index is 0.603. The van der Waals surface area contributed by atoms with Crippen LogP contribution in [0.2, 0.25) is 0 Å². The predicted octanol–water partition coefficient (Wildman–Crippen LogP) is 1.88. The van der Waals surface area contributed by atoms with Crippen molar-refractivity contribution in [2.45, 2.75) is 44.3 Å². The molecule has 0 aromatic carbocycles. The third-order valence-corrected chi connectivity index (χ3v) is 2.95. The van der Waals surface area contributed by atoms with Gasteiger partial charge in [0.05, 0.1) is 12.2 Å². The zero-order valence-electron chi connectivity index (χ0n) is 6.10. The van der Waals surface area contributed by atoms with E-state index < -0.39 is 0 Å². The summed E-state index contributed by atoms with van der Waals surface area (Å²) < 4.78 is 5.78. The first-order valence-electron chi connectivity index (χ1n) is 4.23. The lowest BCUT2D eigenvalue weighted by molar-refractivity contribution is -0.0840.